The van der Waals surface area contributed by atoms with Crippen molar-refractivity contribution < 1.29 is 19.6 Å². The standard InChI is InChI=1S/C11H12N2O5/c1-11(9(12)14,10(15)16)6-7-3-2-4-8(5-7)13(17)18/h2-5H,6H2,1H3,(H2,12,14)(H,15,16). The molecule has 0 saturated heterocycles. The number of amides is 1. The predicted octanol–water partition coefficient (Wildman–Crippen LogP) is 0.713. The van der Waals surface area contributed by atoms with Crippen molar-refractivity contribution in [2.75, 3.05) is 0 Å². The molecule has 96 valence electrons. The second-order valence-corrected chi connectivity index (χ2v) is 4.11. The van der Waals surface area contributed by atoms with Crippen LogP contribution >= 0.6 is 0 Å². The Bertz CT molecular complexity index is 498. The molecule has 7 nitrogen and oxygen atoms in total. The van der Waals surface area contributed by atoms with E-state index in [-0.39, 0.29) is 12.1 Å². The number of non-ortho nitro benzene ring substituents is 1. The molecule has 0 aliphatic rings. The van der Waals surface area contributed by atoms with E-state index in [1.807, 2.05) is 0 Å². The summed E-state index contributed by atoms with van der Waals surface area (Å²) in [5.41, 5.74) is 3.49. The van der Waals surface area contributed by atoms with Gasteiger partial charge in [0.2, 0.25) is 5.91 Å². The average Bonchev–Trinajstić information content (AvgIpc) is 2.28. The highest BCUT2D eigenvalue weighted by Gasteiger charge is 2.39. The number of nitro benzene ring substituents is 1. The van der Waals surface area contributed by atoms with Crippen LogP contribution in [0, 0.1) is 15.5 Å². The maximum atomic E-state index is 11.2. The van der Waals surface area contributed by atoms with Crippen LogP contribution in [0.2, 0.25) is 0 Å². The second-order valence-electron chi connectivity index (χ2n) is 4.11. The molecular formula is C11H12N2O5. The van der Waals surface area contributed by atoms with E-state index >= 15 is 0 Å². The van der Waals surface area contributed by atoms with Gasteiger partial charge in [-0.25, -0.2) is 0 Å². The number of hydrogen-bond acceptors (Lipinski definition) is 4. The smallest absolute Gasteiger partial charge is 0.319 e. The van der Waals surface area contributed by atoms with E-state index in [0.717, 1.165) is 0 Å². The van der Waals surface area contributed by atoms with Crippen LogP contribution in [0.4, 0.5) is 5.69 Å². The number of carboxylic acid groups (broad SMARTS) is 1. The van der Waals surface area contributed by atoms with Gasteiger partial charge in [-0.1, -0.05) is 12.1 Å². The number of nitro groups is 1. The number of carbonyl (C=O) groups is 2. The van der Waals surface area contributed by atoms with Crippen LogP contribution in [0.25, 0.3) is 0 Å². The lowest BCUT2D eigenvalue weighted by atomic mass is 9.83. The molecule has 0 bridgehead atoms. The summed E-state index contributed by atoms with van der Waals surface area (Å²) in [5.74, 6) is -2.34. The van der Waals surface area contributed by atoms with E-state index in [4.69, 9.17) is 10.8 Å². The van der Waals surface area contributed by atoms with Gasteiger partial charge in [-0.3, -0.25) is 19.7 Å². The molecule has 0 saturated carbocycles. The van der Waals surface area contributed by atoms with Crippen LogP contribution < -0.4 is 5.73 Å². The van der Waals surface area contributed by atoms with Crippen LogP contribution in [-0.4, -0.2) is 21.9 Å². The van der Waals surface area contributed by atoms with Crippen molar-refractivity contribution in [3.8, 4) is 0 Å². The van der Waals surface area contributed by atoms with E-state index in [1.54, 1.807) is 0 Å². The highest BCUT2D eigenvalue weighted by Crippen LogP contribution is 2.24. The van der Waals surface area contributed by atoms with Gasteiger partial charge in [0.25, 0.3) is 5.69 Å². The summed E-state index contributed by atoms with van der Waals surface area (Å²) < 4.78 is 0. The van der Waals surface area contributed by atoms with Crippen molar-refractivity contribution >= 4 is 17.6 Å². The molecule has 0 spiro atoms. The Morgan fingerprint density at radius 1 is 1.50 bits per heavy atom. The van der Waals surface area contributed by atoms with Crippen molar-refractivity contribution in [2.24, 2.45) is 11.1 Å². The molecule has 1 atom stereocenters. The number of aliphatic carboxylic acids is 1. The minimum Gasteiger partial charge on any atom is -0.480 e. The highest BCUT2D eigenvalue weighted by atomic mass is 16.6. The minimum absolute atomic E-state index is 0.162. The lowest BCUT2D eigenvalue weighted by Crippen LogP contribution is -2.43. The first-order chi connectivity index (χ1) is 8.27. The van der Waals surface area contributed by atoms with Gasteiger partial charge in [0.15, 0.2) is 0 Å². The summed E-state index contributed by atoms with van der Waals surface area (Å²) in [5, 5.41) is 19.6. The first kappa shape index (κ1) is 13.6. The molecule has 0 heterocycles. The number of nitrogens with zero attached hydrogens (tertiary/aromatic N) is 1. The molecule has 1 unspecified atom stereocenters. The molecule has 18 heavy (non-hydrogen) atoms. The van der Waals surface area contributed by atoms with Gasteiger partial charge in [-0.15, -0.1) is 0 Å². The van der Waals surface area contributed by atoms with Crippen LogP contribution in [0.1, 0.15) is 12.5 Å². The van der Waals surface area contributed by atoms with Crippen LogP contribution in [0.15, 0.2) is 24.3 Å². The number of benzene rings is 1. The quantitative estimate of drug-likeness (QED) is 0.453. The van der Waals surface area contributed by atoms with Crippen LogP contribution in [0.3, 0.4) is 0 Å². The topological polar surface area (TPSA) is 124 Å². The molecule has 1 aromatic rings. The SMILES string of the molecule is CC(Cc1cccc([N+](=O)[O-])c1)(C(N)=O)C(=O)O. The zero-order valence-corrected chi connectivity index (χ0v) is 9.62. The summed E-state index contributed by atoms with van der Waals surface area (Å²) in [6.45, 7) is 1.19. The van der Waals surface area contributed by atoms with Crippen LogP contribution in [-0.2, 0) is 16.0 Å². The molecule has 0 aliphatic carbocycles. The first-order valence-corrected chi connectivity index (χ1v) is 5.04. The third-order valence-corrected chi connectivity index (χ3v) is 2.69. The molecule has 1 aromatic carbocycles. The molecule has 0 aromatic heterocycles. The largest absolute Gasteiger partial charge is 0.480 e. The first-order valence-electron chi connectivity index (χ1n) is 5.04. The fourth-order valence-corrected chi connectivity index (χ4v) is 1.46. The van der Waals surface area contributed by atoms with Gasteiger partial charge in [0.05, 0.1) is 4.92 Å². The Hall–Kier alpha value is -2.44. The fraction of sp³-hybridized carbons (Fsp3) is 0.273. The van der Waals surface area contributed by atoms with Gasteiger partial charge < -0.3 is 10.8 Å². The molecule has 1 amide bonds. The molecular weight excluding hydrogens is 240 g/mol. The van der Waals surface area contributed by atoms with E-state index < -0.39 is 22.2 Å². The van der Waals surface area contributed by atoms with Crippen molar-refractivity contribution in [3.63, 3.8) is 0 Å². The van der Waals surface area contributed by atoms with E-state index in [2.05, 4.69) is 0 Å². The summed E-state index contributed by atoms with van der Waals surface area (Å²) in [4.78, 5) is 32.2. The summed E-state index contributed by atoms with van der Waals surface area (Å²) >= 11 is 0. The van der Waals surface area contributed by atoms with Gasteiger partial charge in [-0.05, 0) is 18.9 Å². The minimum atomic E-state index is -1.78. The number of rotatable bonds is 5. The van der Waals surface area contributed by atoms with Crippen molar-refractivity contribution in [1.29, 1.82) is 0 Å². The Kier molecular flexibility index (Phi) is 3.65. The molecule has 0 fully saturated rings. The molecule has 0 aliphatic heterocycles. The number of nitrogens with two attached hydrogens (primary N) is 1. The highest BCUT2D eigenvalue weighted by molar-refractivity contribution is 6.00. The summed E-state index contributed by atoms with van der Waals surface area (Å²) in [6, 6.07) is 5.45. The predicted molar refractivity (Wildman–Crippen MR) is 61.7 cm³/mol. The maximum absolute atomic E-state index is 11.2. The third kappa shape index (κ3) is 2.62. The second kappa shape index (κ2) is 4.82. The monoisotopic (exact) mass is 252 g/mol. The Balaban J connectivity index is 3.09. The third-order valence-electron chi connectivity index (χ3n) is 2.69. The molecule has 1 rings (SSSR count). The number of hydrogen-bond donors (Lipinski definition) is 2. The fourth-order valence-electron chi connectivity index (χ4n) is 1.46. The van der Waals surface area contributed by atoms with Gasteiger partial charge in [-0.2, -0.15) is 0 Å². The van der Waals surface area contributed by atoms with Gasteiger partial charge in [0, 0.05) is 12.1 Å². The molecule has 3 N–H and O–H groups in total. The van der Waals surface area contributed by atoms with Gasteiger partial charge in [0.1, 0.15) is 5.41 Å². The number of carbonyl (C=O) groups excluding carboxylic acids is 1. The number of primary amides is 1. The Labute approximate surface area is 102 Å². The van der Waals surface area contributed by atoms with E-state index in [1.165, 1.54) is 31.2 Å². The van der Waals surface area contributed by atoms with Crippen molar-refractivity contribution in [2.45, 2.75) is 13.3 Å². The van der Waals surface area contributed by atoms with Crippen LogP contribution in [0.5, 0.6) is 0 Å². The molecule has 7 heteroatoms. The van der Waals surface area contributed by atoms with Crippen molar-refractivity contribution in [1.82, 2.24) is 0 Å². The Morgan fingerprint density at radius 2 is 2.11 bits per heavy atom. The maximum Gasteiger partial charge on any atom is 0.319 e. The summed E-state index contributed by atoms with van der Waals surface area (Å²) in [7, 11) is 0. The number of carboxylic acids is 1. The lowest BCUT2D eigenvalue weighted by Gasteiger charge is -2.20. The zero-order valence-electron chi connectivity index (χ0n) is 9.62. The van der Waals surface area contributed by atoms with Crippen molar-refractivity contribution in [3.05, 3.63) is 39.9 Å². The van der Waals surface area contributed by atoms with E-state index in [0.29, 0.717) is 5.56 Å². The zero-order chi connectivity index (χ0) is 13.9. The lowest BCUT2D eigenvalue weighted by molar-refractivity contribution is -0.384. The Morgan fingerprint density at radius 3 is 2.56 bits per heavy atom. The normalized spacial score (nSPS) is 13.6. The van der Waals surface area contributed by atoms with Gasteiger partial charge >= 0.3 is 5.97 Å². The average molecular weight is 252 g/mol. The van der Waals surface area contributed by atoms with E-state index in [9.17, 15) is 19.7 Å². The molecule has 0 radical (unpaired) electrons. The summed E-state index contributed by atoms with van der Waals surface area (Å²) in [6.07, 6.45) is -0.195.